The molecule has 1 rings (SSSR count). The summed E-state index contributed by atoms with van der Waals surface area (Å²) in [5.41, 5.74) is 0. The lowest BCUT2D eigenvalue weighted by Crippen LogP contribution is -2.41. The van der Waals surface area contributed by atoms with Crippen molar-refractivity contribution in [3.63, 3.8) is 0 Å². The van der Waals surface area contributed by atoms with E-state index in [4.69, 9.17) is 4.42 Å². The highest BCUT2D eigenvalue weighted by atomic mass is 79.9. The lowest BCUT2D eigenvalue weighted by atomic mass is 10.1. The van der Waals surface area contributed by atoms with Crippen molar-refractivity contribution in [2.45, 2.75) is 45.6 Å². The fourth-order valence-electron chi connectivity index (χ4n) is 2.16. The van der Waals surface area contributed by atoms with Crippen LogP contribution in [0.25, 0.3) is 0 Å². The highest BCUT2D eigenvalue weighted by Gasteiger charge is 2.20. The summed E-state index contributed by atoms with van der Waals surface area (Å²) >= 11 is 3.42. The van der Waals surface area contributed by atoms with Crippen molar-refractivity contribution in [1.82, 2.24) is 4.90 Å². The first-order valence-corrected chi connectivity index (χ1v) is 7.72. The summed E-state index contributed by atoms with van der Waals surface area (Å²) < 4.78 is 5.26. The van der Waals surface area contributed by atoms with Gasteiger partial charge in [-0.3, -0.25) is 4.79 Å². The van der Waals surface area contributed by atoms with Crippen molar-refractivity contribution in [2.75, 3.05) is 11.9 Å². The molecule has 0 aliphatic rings. The molecular formula is C14H22BrNO2. The molecule has 3 nitrogen and oxygen atoms in total. The van der Waals surface area contributed by atoms with Crippen LogP contribution in [-0.4, -0.2) is 28.7 Å². The second-order valence-corrected chi connectivity index (χ2v) is 5.12. The smallest absolute Gasteiger partial charge is 0.223 e. The van der Waals surface area contributed by atoms with Gasteiger partial charge in [0.05, 0.1) is 6.26 Å². The van der Waals surface area contributed by atoms with Gasteiger partial charge in [0.2, 0.25) is 5.91 Å². The Labute approximate surface area is 118 Å². The molecule has 0 spiro atoms. The van der Waals surface area contributed by atoms with Gasteiger partial charge in [-0.25, -0.2) is 0 Å². The van der Waals surface area contributed by atoms with Crippen LogP contribution < -0.4 is 0 Å². The molecule has 0 aliphatic heterocycles. The molecule has 1 heterocycles. The molecule has 0 N–H and O–H groups in total. The minimum Gasteiger partial charge on any atom is -0.469 e. The van der Waals surface area contributed by atoms with Gasteiger partial charge in [-0.2, -0.15) is 0 Å². The number of aryl methyl sites for hydroxylation is 1. The molecule has 0 fully saturated rings. The first kappa shape index (κ1) is 15.3. The third-order valence-electron chi connectivity index (χ3n) is 3.19. The number of rotatable bonds is 8. The van der Waals surface area contributed by atoms with Crippen molar-refractivity contribution in [2.24, 2.45) is 0 Å². The number of carbonyl (C=O) groups excluding carboxylic acids is 1. The van der Waals surface area contributed by atoms with Gasteiger partial charge in [0.15, 0.2) is 0 Å². The van der Waals surface area contributed by atoms with Crippen molar-refractivity contribution in [1.29, 1.82) is 0 Å². The van der Waals surface area contributed by atoms with Gasteiger partial charge >= 0.3 is 0 Å². The van der Waals surface area contributed by atoms with Gasteiger partial charge in [0.25, 0.3) is 0 Å². The summed E-state index contributed by atoms with van der Waals surface area (Å²) in [6.07, 6.45) is 4.88. The normalized spacial score (nSPS) is 10.9. The van der Waals surface area contributed by atoms with E-state index in [2.05, 4.69) is 29.8 Å². The molecule has 18 heavy (non-hydrogen) atoms. The monoisotopic (exact) mass is 315 g/mol. The molecule has 1 aromatic heterocycles. The quantitative estimate of drug-likeness (QED) is 0.686. The fraction of sp³-hybridized carbons (Fsp3) is 0.643. The van der Waals surface area contributed by atoms with Crippen LogP contribution in [0.2, 0.25) is 0 Å². The maximum atomic E-state index is 12.3. The maximum absolute atomic E-state index is 12.3. The summed E-state index contributed by atoms with van der Waals surface area (Å²) in [4.78, 5) is 14.2. The van der Waals surface area contributed by atoms with Gasteiger partial charge in [-0.05, 0) is 25.0 Å². The summed E-state index contributed by atoms with van der Waals surface area (Å²) in [5.74, 6) is 1.10. The van der Waals surface area contributed by atoms with E-state index >= 15 is 0 Å². The van der Waals surface area contributed by atoms with E-state index in [0.29, 0.717) is 18.9 Å². The lowest BCUT2D eigenvalue weighted by Gasteiger charge is -2.30. The Balaban J connectivity index is 2.53. The Hall–Kier alpha value is -0.770. The summed E-state index contributed by atoms with van der Waals surface area (Å²) in [5, 5.41) is 0.829. The number of carbonyl (C=O) groups is 1. The molecule has 0 saturated carbocycles. The van der Waals surface area contributed by atoms with Crippen LogP contribution in [0, 0.1) is 0 Å². The van der Waals surface area contributed by atoms with Crippen LogP contribution in [0.4, 0.5) is 0 Å². The maximum Gasteiger partial charge on any atom is 0.223 e. The molecule has 1 aromatic rings. The Bertz CT molecular complexity index is 334. The van der Waals surface area contributed by atoms with Gasteiger partial charge in [0, 0.05) is 30.8 Å². The summed E-state index contributed by atoms with van der Waals surface area (Å²) in [6.45, 7) is 5.05. The Kier molecular flexibility index (Phi) is 7.09. The van der Waals surface area contributed by atoms with E-state index in [0.717, 1.165) is 30.5 Å². The van der Waals surface area contributed by atoms with Crippen LogP contribution in [-0.2, 0) is 11.2 Å². The number of furan rings is 1. The molecule has 0 aromatic carbocycles. The topological polar surface area (TPSA) is 33.5 Å². The standard InChI is InChI=1S/C14H22BrNO2/c1-3-12(4-2)16(10-9-15)14(17)8-7-13-6-5-11-18-13/h5-6,11-12H,3-4,7-10H2,1-2H3. The minimum atomic E-state index is 0.222. The predicted molar refractivity (Wildman–Crippen MR) is 76.9 cm³/mol. The predicted octanol–water partition coefficient (Wildman–Crippen LogP) is 3.62. The molecular weight excluding hydrogens is 294 g/mol. The molecule has 0 aliphatic carbocycles. The fourth-order valence-corrected chi connectivity index (χ4v) is 2.54. The molecule has 0 radical (unpaired) electrons. The van der Waals surface area contributed by atoms with E-state index in [-0.39, 0.29) is 5.91 Å². The molecule has 4 heteroatoms. The van der Waals surface area contributed by atoms with Crippen LogP contribution in [0.5, 0.6) is 0 Å². The Morgan fingerprint density at radius 3 is 2.67 bits per heavy atom. The number of amides is 1. The van der Waals surface area contributed by atoms with Crippen molar-refractivity contribution < 1.29 is 9.21 Å². The van der Waals surface area contributed by atoms with E-state index in [1.807, 2.05) is 17.0 Å². The van der Waals surface area contributed by atoms with Crippen LogP contribution in [0.15, 0.2) is 22.8 Å². The average molecular weight is 316 g/mol. The SMILES string of the molecule is CCC(CC)N(CCBr)C(=O)CCc1ccco1. The van der Waals surface area contributed by atoms with E-state index in [1.54, 1.807) is 6.26 Å². The first-order chi connectivity index (χ1) is 8.72. The molecule has 0 unspecified atom stereocenters. The summed E-state index contributed by atoms with van der Waals surface area (Å²) in [7, 11) is 0. The Morgan fingerprint density at radius 1 is 1.44 bits per heavy atom. The lowest BCUT2D eigenvalue weighted by molar-refractivity contribution is -0.133. The highest BCUT2D eigenvalue weighted by Crippen LogP contribution is 2.13. The zero-order valence-electron chi connectivity index (χ0n) is 11.2. The van der Waals surface area contributed by atoms with E-state index in [9.17, 15) is 4.79 Å². The molecule has 0 saturated heterocycles. The molecule has 0 atom stereocenters. The second-order valence-electron chi connectivity index (χ2n) is 4.33. The number of nitrogens with zero attached hydrogens (tertiary/aromatic N) is 1. The van der Waals surface area contributed by atoms with Gasteiger partial charge < -0.3 is 9.32 Å². The van der Waals surface area contributed by atoms with E-state index < -0.39 is 0 Å². The van der Waals surface area contributed by atoms with Crippen molar-refractivity contribution in [3.05, 3.63) is 24.2 Å². The Morgan fingerprint density at radius 2 is 2.17 bits per heavy atom. The first-order valence-electron chi connectivity index (χ1n) is 6.60. The third kappa shape index (κ3) is 4.48. The number of halogens is 1. The number of hydrogen-bond donors (Lipinski definition) is 0. The largest absolute Gasteiger partial charge is 0.469 e. The van der Waals surface area contributed by atoms with Crippen molar-refractivity contribution in [3.8, 4) is 0 Å². The zero-order chi connectivity index (χ0) is 13.4. The van der Waals surface area contributed by atoms with Crippen LogP contribution >= 0.6 is 15.9 Å². The van der Waals surface area contributed by atoms with Crippen molar-refractivity contribution >= 4 is 21.8 Å². The highest BCUT2D eigenvalue weighted by molar-refractivity contribution is 9.09. The summed E-state index contributed by atoms with van der Waals surface area (Å²) in [6, 6.07) is 4.13. The second kappa shape index (κ2) is 8.35. The minimum absolute atomic E-state index is 0.222. The molecule has 102 valence electrons. The zero-order valence-corrected chi connectivity index (χ0v) is 12.8. The van der Waals surface area contributed by atoms with Gasteiger partial charge in [-0.15, -0.1) is 0 Å². The van der Waals surface area contributed by atoms with E-state index in [1.165, 1.54) is 0 Å². The van der Waals surface area contributed by atoms with Gasteiger partial charge in [-0.1, -0.05) is 29.8 Å². The number of hydrogen-bond acceptors (Lipinski definition) is 2. The third-order valence-corrected chi connectivity index (χ3v) is 3.55. The van der Waals surface area contributed by atoms with Crippen LogP contribution in [0.3, 0.4) is 0 Å². The number of alkyl halides is 1. The van der Waals surface area contributed by atoms with Gasteiger partial charge in [0.1, 0.15) is 5.76 Å². The molecule has 0 bridgehead atoms. The average Bonchev–Trinajstić information content (AvgIpc) is 2.89. The van der Waals surface area contributed by atoms with Crippen LogP contribution in [0.1, 0.15) is 38.9 Å². The molecule has 1 amide bonds.